The lowest BCUT2D eigenvalue weighted by atomic mass is 9.94. The Morgan fingerprint density at radius 1 is 0.587 bits per heavy atom. The maximum Gasteiger partial charge on any atom is 0.119 e. The largest absolute Gasteiger partial charge is 0.367 e. The minimum atomic E-state index is 0. The van der Waals surface area contributed by atoms with Crippen LogP contribution in [0.15, 0.2) is 146 Å². The van der Waals surface area contributed by atoms with E-state index in [0.29, 0.717) is 0 Å². The molecule has 0 bridgehead atoms. The highest BCUT2D eigenvalue weighted by atomic mass is 127. The maximum absolute atomic E-state index is 5.24. The van der Waals surface area contributed by atoms with Crippen molar-refractivity contribution in [2.75, 3.05) is 11.9 Å². The van der Waals surface area contributed by atoms with Crippen LogP contribution in [0.1, 0.15) is 5.56 Å². The zero-order chi connectivity index (χ0) is 29.7. The third-order valence-electron chi connectivity index (χ3n) is 8.82. The summed E-state index contributed by atoms with van der Waals surface area (Å²) >= 11 is 0. The van der Waals surface area contributed by atoms with Crippen molar-refractivity contribution in [1.82, 2.24) is 14.5 Å². The molecule has 3 aromatic heterocycles. The van der Waals surface area contributed by atoms with E-state index in [4.69, 9.17) is 9.97 Å². The summed E-state index contributed by atoms with van der Waals surface area (Å²) in [4.78, 5) is 9.93. The number of para-hydroxylation sites is 1. The van der Waals surface area contributed by atoms with Gasteiger partial charge in [0.2, 0.25) is 0 Å². The predicted octanol–water partition coefficient (Wildman–Crippen LogP) is 10.8. The van der Waals surface area contributed by atoms with Crippen molar-refractivity contribution in [1.29, 1.82) is 0 Å². The Bertz CT molecular complexity index is 2440. The van der Waals surface area contributed by atoms with Crippen LogP contribution in [0.4, 0.5) is 5.82 Å². The number of aromatic nitrogens is 3. The maximum atomic E-state index is 5.24. The topological polar surface area (TPSA) is 42.7 Å². The molecule has 4 heterocycles. The molecule has 0 aliphatic carbocycles. The average Bonchev–Trinajstić information content (AvgIpc) is 3.46. The van der Waals surface area contributed by atoms with Crippen LogP contribution in [0, 0.1) is 0 Å². The lowest BCUT2D eigenvalue weighted by Crippen LogP contribution is -2.08. The van der Waals surface area contributed by atoms with Gasteiger partial charge >= 0.3 is 0 Å². The van der Waals surface area contributed by atoms with Gasteiger partial charge in [0.1, 0.15) is 5.82 Å². The van der Waals surface area contributed by atoms with Gasteiger partial charge in [0, 0.05) is 34.9 Å². The van der Waals surface area contributed by atoms with E-state index in [0.717, 1.165) is 51.8 Å². The van der Waals surface area contributed by atoms with Gasteiger partial charge < -0.3 is 5.32 Å². The SMILES string of the molecule is C1=Cc2c(n(-c3cccc(-c4cc(-c5ccccn5)nc(-c5cc6ccccc6c6ccccc56)c4)c3)c3ccccc23)NC1.I. The summed E-state index contributed by atoms with van der Waals surface area (Å²) in [6.45, 7) is 0.809. The Kier molecular flexibility index (Phi) is 7.11. The minimum absolute atomic E-state index is 0. The van der Waals surface area contributed by atoms with E-state index in [1.807, 2.05) is 24.4 Å². The van der Waals surface area contributed by atoms with Crippen molar-refractivity contribution in [2.24, 2.45) is 0 Å². The monoisotopic (exact) mass is 704 g/mol. The number of nitrogens with zero attached hydrogens (tertiary/aromatic N) is 3. The number of anilines is 1. The Balaban J connectivity index is 0.00000312. The third kappa shape index (κ3) is 4.66. The van der Waals surface area contributed by atoms with E-state index in [-0.39, 0.29) is 24.0 Å². The zero-order valence-electron chi connectivity index (χ0n) is 24.9. The molecular weight excluding hydrogens is 675 g/mol. The van der Waals surface area contributed by atoms with Crippen LogP contribution in [0.5, 0.6) is 0 Å². The van der Waals surface area contributed by atoms with E-state index in [1.165, 1.54) is 38.0 Å². The van der Waals surface area contributed by atoms with E-state index in [2.05, 4.69) is 137 Å². The molecule has 1 aliphatic rings. The molecule has 0 spiro atoms. The smallest absolute Gasteiger partial charge is 0.119 e. The minimum Gasteiger partial charge on any atom is -0.367 e. The molecule has 0 radical (unpaired) electrons. The number of fused-ring (bicyclic) bond motifs is 6. The summed E-state index contributed by atoms with van der Waals surface area (Å²) in [6.07, 6.45) is 6.25. The molecule has 0 amide bonds. The fraction of sp³-hybridized carbons (Fsp3) is 0.0244. The predicted molar refractivity (Wildman–Crippen MR) is 203 cm³/mol. The number of benzene rings is 5. The molecule has 8 aromatic rings. The van der Waals surface area contributed by atoms with Crippen molar-refractivity contribution in [2.45, 2.75) is 0 Å². The number of rotatable bonds is 4. The second-order valence-corrected chi connectivity index (χ2v) is 11.5. The molecule has 0 saturated heterocycles. The Hall–Kier alpha value is -5.27. The van der Waals surface area contributed by atoms with E-state index >= 15 is 0 Å². The zero-order valence-corrected chi connectivity index (χ0v) is 27.2. The summed E-state index contributed by atoms with van der Waals surface area (Å²) in [7, 11) is 0. The van der Waals surface area contributed by atoms with Gasteiger partial charge in [-0.1, -0.05) is 97.1 Å². The highest BCUT2D eigenvalue weighted by Crippen LogP contribution is 2.39. The first-order valence-corrected chi connectivity index (χ1v) is 15.3. The molecule has 0 fully saturated rings. The Labute approximate surface area is 284 Å². The molecule has 4 nitrogen and oxygen atoms in total. The summed E-state index contributed by atoms with van der Waals surface area (Å²) in [6, 6.07) is 47.3. The van der Waals surface area contributed by atoms with Crippen LogP contribution >= 0.6 is 24.0 Å². The van der Waals surface area contributed by atoms with Crippen molar-refractivity contribution in [3.05, 3.63) is 151 Å². The molecule has 5 aromatic carbocycles. The first kappa shape index (κ1) is 28.2. The summed E-state index contributed by atoms with van der Waals surface area (Å²) in [5.74, 6) is 1.13. The van der Waals surface area contributed by atoms with Gasteiger partial charge in [-0.2, -0.15) is 0 Å². The number of pyridine rings is 2. The van der Waals surface area contributed by atoms with Gasteiger partial charge in [0.15, 0.2) is 0 Å². The van der Waals surface area contributed by atoms with E-state index in [1.54, 1.807) is 0 Å². The van der Waals surface area contributed by atoms with Gasteiger partial charge in [0.05, 0.1) is 22.6 Å². The van der Waals surface area contributed by atoms with Gasteiger partial charge in [0.25, 0.3) is 0 Å². The molecule has 1 N–H and O–H groups in total. The van der Waals surface area contributed by atoms with Crippen LogP contribution in [-0.2, 0) is 0 Å². The molecule has 0 unspecified atom stereocenters. The highest BCUT2D eigenvalue weighted by molar-refractivity contribution is 14.0. The standard InChI is InChI=1S/C41H28N4.HI/c1-2-14-31-28(11-1)24-36(33-16-4-3-15-32(31)33)38-25-29(26-39(44-38)37-19-7-8-21-42-37)27-12-9-13-30(23-27)45-40-20-6-5-17-34(40)35-18-10-22-43-41(35)45;/h1-21,23-26,43H,22H2;1H. The lowest BCUT2D eigenvalue weighted by Gasteiger charge is -2.17. The molecule has 46 heavy (non-hydrogen) atoms. The van der Waals surface area contributed by atoms with Crippen LogP contribution in [0.3, 0.4) is 0 Å². The molecule has 9 rings (SSSR count). The fourth-order valence-electron chi connectivity index (χ4n) is 6.78. The Morgan fingerprint density at radius 3 is 2.22 bits per heavy atom. The van der Waals surface area contributed by atoms with Gasteiger partial charge in [-0.25, -0.2) is 4.98 Å². The number of halogens is 1. The van der Waals surface area contributed by atoms with Gasteiger partial charge in [-0.15, -0.1) is 24.0 Å². The first-order valence-electron chi connectivity index (χ1n) is 15.3. The number of hydrogen-bond donors (Lipinski definition) is 1. The van der Waals surface area contributed by atoms with Crippen molar-refractivity contribution in [3.8, 4) is 39.5 Å². The molecule has 5 heteroatoms. The second-order valence-electron chi connectivity index (χ2n) is 11.5. The number of hydrogen-bond acceptors (Lipinski definition) is 3. The van der Waals surface area contributed by atoms with Crippen LogP contribution < -0.4 is 5.32 Å². The fourth-order valence-corrected chi connectivity index (χ4v) is 6.78. The normalized spacial score (nSPS) is 12.2. The molecule has 220 valence electrons. The van der Waals surface area contributed by atoms with Crippen molar-refractivity contribution < 1.29 is 0 Å². The quantitative estimate of drug-likeness (QED) is 0.147. The summed E-state index contributed by atoms with van der Waals surface area (Å²) in [5, 5.41) is 9.73. The van der Waals surface area contributed by atoms with Crippen LogP contribution in [0.25, 0.3) is 78.0 Å². The van der Waals surface area contributed by atoms with Crippen molar-refractivity contribution >= 4 is 68.3 Å². The summed E-state index contributed by atoms with van der Waals surface area (Å²) < 4.78 is 2.34. The second kappa shape index (κ2) is 11.6. The third-order valence-corrected chi connectivity index (χ3v) is 8.82. The van der Waals surface area contributed by atoms with Gasteiger partial charge in [-0.05, 0) is 81.2 Å². The highest BCUT2D eigenvalue weighted by Gasteiger charge is 2.19. The molecular formula is C41H29IN4. The van der Waals surface area contributed by atoms with E-state index < -0.39 is 0 Å². The van der Waals surface area contributed by atoms with Crippen LogP contribution in [-0.4, -0.2) is 21.1 Å². The van der Waals surface area contributed by atoms with E-state index in [9.17, 15) is 0 Å². The number of nitrogens with one attached hydrogen (secondary N) is 1. The average molecular weight is 705 g/mol. The molecule has 0 saturated carbocycles. The lowest BCUT2D eigenvalue weighted by molar-refractivity contribution is 1.09. The molecule has 1 aliphatic heterocycles. The Morgan fingerprint density at radius 2 is 1.35 bits per heavy atom. The molecule has 0 atom stereocenters. The van der Waals surface area contributed by atoms with Crippen LogP contribution in [0.2, 0.25) is 0 Å². The van der Waals surface area contributed by atoms with Gasteiger partial charge in [-0.3, -0.25) is 9.55 Å². The van der Waals surface area contributed by atoms with Crippen molar-refractivity contribution in [3.63, 3.8) is 0 Å². The first-order chi connectivity index (χ1) is 22.3. The summed E-state index contributed by atoms with van der Waals surface area (Å²) in [5.41, 5.74) is 9.48.